The van der Waals surface area contributed by atoms with E-state index in [1.807, 2.05) is 0 Å². The summed E-state index contributed by atoms with van der Waals surface area (Å²) in [5.41, 5.74) is 1.48. The van der Waals surface area contributed by atoms with Crippen molar-refractivity contribution < 1.29 is 0 Å². The predicted octanol–water partition coefficient (Wildman–Crippen LogP) is 4.63. The Balaban J connectivity index is 1.94. The lowest BCUT2D eigenvalue weighted by Crippen LogP contribution is -2.36. The standard InChI is InChI=1S/C18H23N/c1-18(2,3)19-13-7-6-8-15-11-12-16-9-4-5-10-17(16)14-15/h4-6,8-12,14,19H,7,13H2,1-3H3. The highest BCUT2D eigenvalue weighted by Gasteiger charge is 2.06. The molecule has 0 saturated carbocycles. The van der Waals surface area contributed by atoms with Gasteiger partial charge in [0.05, 0.1) is 0 Å². The molecule has 0 aliphatic rings. The number of benzene rings is 2. The fourth-order valence-corrected chi connectivity index (χ4v) is 2.06. The smallest absolute Gasteiger partial charge is 0.00966 e. The molecule has 19 heavy (non-hydrogen) atoms. The van der Waals surface area contributed by atoms with Crippen molar-refractivity contribution in [1.29, 1.82) is 0 Å². The van der Waals surface area contributed by atoms with E-state index in [4.69, 9.17) is 0 Å². The Morgan fingerprint density at radius 1 is 1.00 bits per heavy atom. The van der Waals surface area contributed by atoms with Crippen molar-refractivity contribution in [3.63, 3.8) is 0 Å². The van der Waals surface area contributed by atoms with Crippen molar-refractivity contribution in [2.45, 2.75) is 32.7 Å². The molecule has 0 atom stereocenters. The van der Waals surface area contributed by atoms with Gasteiger partial charge in [0, 0.05) is 5.54 Å². The summed E-state index contributed by atoms with van der Waals surface area (Å²) in [6, 6.07) is 15.1. The SMILES string of the molecule is CC(C)(C)NCCC=Cc1ccc2ccccc2c1. The molecule has 0 aromatic heterocycles. The summed E-state index contributed by atoms with van der Waals surface area (Å²) in [5, 5.41) is 6.09. The van der Waals surface area contributed by atoms with Gasteiger partial charge in [-0.1, -0.05) is 48.6 Å². The van der Waals surface area contributed by atoms with Gasteiger partial charge in [0.25, 0.3) is 0 Å². The van der Waals surface area contributed by atoms with Crippen molar-refractivity contribution >= 4 is 16.8 Å². The first-order valence-corrected chi connectivity index (χ1v) is 6.95. The van der Waals surface area contributed by atoms with Gasteiger partial charge in [-0.25, -0.2) is 0 Å². The Morgan fingerprint density at radius 3 is 2.47 bits per heavy atom. The van der Waals surface area contributed by atoms with E-state index < -0.39 is 0 Å². The molecule has 0 radical (unpaired) electrons. The summed E-state index contributed by atoms with van der Waals surface area (Å²) >= 11 is 0. The van der Waals surface area contributed by atoms with Crippen LogP contribution in [0.2, 0.25) is 0 Å². The minimum atomic E-state index is 0.205. The highest BCUT2D eigenvalue weighted by Crippen LogP contribution is 2.16. The maximum absolute atomic E-state index is 3.49. The quantitative estimate of drug-likeness (QED) is 0.783. The summed E-state index contributed by atoms with van der Waals surface area (Å²) in [4.78, 5) is 0. The van der Waals surface area contributed by atoms with Crippen LogP contribution in [0.5, 0.6) is 0 Å². The van der Waals surface area contributed by atoms with Crippen LogP contribution < -0.4 is 5.32 Å². The van der Waals surface area contributed by atoms with E-state index in [1.165, 1.54) is 16.3 Å². The number of rotatable bonds is 4. The first kappa shape index (κ1) is 13.8. The van der Waals surface area contributed by atoms with Gasteiger partial charge >= 0.3 is 0 Å². The van der Waals surface area contributed by atoms with Crippen molar-refractivity contribution in [3.8, 4) is 0 Å². The highest BCUT2D eigenvalue weighted by atomic mass is 14.9. The first-order valence-electron chi connectivity index (χ1n) is 6.95. The van der Waals surface area contributed by atoms with Crippen LogP contribution in [0.4, 0.5) is 0 Å². The largest absolute Gasteiger partial charge is 0.312 e. The van der Waals surface area contributed by atoms with Crippen LogP contribution >= 0.6 is 0 Å². The molecule has 0 bridgehead atoms. The molecule has 0 unspecified atom stereocenters. The molecule has 2 aromatic carbocycles. The molecule has 0 spiro atoms. The summed E-state index contributed by atoms with van der Waals surface area (Å²) in [5.74, 6) is 0. The maximum atomic E-state index is 3.49. The zero-order chi connectivity index (χ0) is 13.7. The minimum absolute atomic E-state index is 0.205. The van der Waals surface area contributed by atoms with Gasteiger partial charge in [-0.2, -0.15) is 0 Å². The van der Waals surface area contributed by atoms with E-state index in [9.17, 15) is 0 Å². The number of hydrogen-bond donors (Lipinski definition) is 1. The van der Waals surface area contributed by atoms with E-state index in [0.717, 1.165) is 13.0 Å². The molecule has 0 amide bonds. The second-order valence-electron chi connectivity index (χ2n) is 5.97. The van der Waals surface area contributed by atoms with Gasteiger partial charge < -0.3 is 5.32 Å². The van der Waals surface area contributed by atoms with Gasteiger partial charge in [-0.05, 0) is 56.1 Å². The van der Waals surface area contributed by atoms with E-state index in [2.05, 4.69) is 80.7 Å². The third-order valence-corrected chi connectivity index (χ3v) is 3.05. The molecule has 0 aliphatic carbocycles. The summed E-state index contributed by atoms with van der Waals surface area (Å²) < 4.78 is 0. The molecular weight excluding hydrogens is 230 g/mol. The number of fused-ring (bicyclic) bond motifs is 1. The molecule has 100 valence electrons. The van der Waals surface area contributed by atoms with Gasteiger partial charge in [0.1, 0.15) is 0 Å². The Labute approximate surface area is 116 Å². The maximum Gasteiger partial charge on any atom is 0.00966 e. The van der Waals surface area contributed by atoms with Crippen molar-refractivity contribution in [2.24, 2.45) is 0 Å². The molecule has 0 heterocycles. The van der Waals surface area contributed by atoms with Crippen molar-refractivity contribution in [3.05, 3.63) is 54.1 Å². The molecule has 1 nitrogen and oxygen atoms in total. The lowest BCUT2D eigenvalue weighted by Gasteiger charge is -2.19. The van der Waals surface area contributed by atoms with Crippen LogP contribution in [-0.4, -0.2) is 12.1 Å². The predicted molar refractivity (Wildman–Crippen MR) is 85.4 cm³/mol. The van der Waals surface area contributed by atoms with Gasteiger partial charge in [-0.15, -0.1) is 0 Å². The Kier molecular flexibility index (Phi) is 4.39. The lowest BCUT2D eigenvalue weighted by molar-refractivity contribution is 0.431. The van der Waals surface area contributed by atoms with E-state index >= 15 is 0 Å². The first-order chi connectivity index (χ1) is 9.04. The fraction of sp³-hybridized carbons (Fsp3) is 0.333. The molecule has 2 aromatic rings. The Bertz CT molecular complexity index is 561. The van der Waals surface area contributed by atoms with Crippen LogP contribution in [0.3, 0.4) is 0 Å². The van der Waals surface area contributed by atoms with Crippen LogP contribution in [0.15, 0.2) is 48.5 Å². The molecule has 1 heteroatoms. The third-order valence-electron chi connectivity index (χ3n) is 3.05. The summed E-state index contributed by atoms with van der Waals surface area (Å²) in [6.45, 7) is 7.60. The van der Waals surface area contributed by atoms with Crippen LogP contribution in [0.1, 0.15) is 32.8 Å². The summed E-state index contributed by atoms with van der Waals surface area (Å²) in [7, 11) is 0. The van der Waals surface area contributed by atoms with Crippen LogP contribution in [0, 0.1) is 0 Å². The molecular formula is C18H23N. The van der Waals surface area contributed by atoms with Crippen molar-refractivity contribution in [2.75, 3.05) is 6.54 Å². The second kappa shape index (κ2) is 6.03. The zero-order valence-electron chi connectivity index (χ0n) is 12.1. The topological polar surface area (TPSA) is 12.0 Å². The number of hydrogen-bond acceptors (Lipinski definition) is 1. The van der Waals surface area contributed by atoms with Crippen LogP contribution in [-0.2, 0) is 0 Å². The molecule has 0 fully saturated rings. The van der Waals surface area contributed by atoms with Crippen molar-refractivity contribution in [1.82, 2.24) is 5.32 Å². The highest BCUT2D eigenvalue weighted by molar-refractivity contribution is 5.84. The number of nitrogens with one attached hydrogen (secondary N) is 1. The van der Waals surface area contributed by atoms with Gasteiger partial charge in [-0.3, -0.25) is 0 Å². The lowest BCUT2D eigenvalue weighted by atomic mass is 10.1. The zero-order valence-corrected chi connectivity index (χ0v) is 12.1. The average molecular weight is 253 g/mol. The molecule has 0 saturated heterocycles. The summed E-state index contributed by atoms with van der Waals surface area (Å²) in [6.07, 6.45) is 5.50. The fourth-order valence-electron chi connectivity index (χ4n) is 2.06. The molecule has 2 rings (SSSR count). The van der Waals surface area contributed by atoms with Crippen LogP contribution in [0.25, 0.3) is 16.8 Å². The Morgan fingerprint density at radius 2 is 1.74 bits per heavy atom. The van der Waals surface area contributed by atoms with E-state index in [-0.39, 0.29) is 5.54 Å². The van der Waals surface area contributed by atoms with E-state index in [1.54, 1.807) is 0 Å². The van der Waals surface area contributed by atoms with Gasteiger partial charge in [0.2, 0.25) is 0 Å². The normalized spacial score (nSPS) is 12.4. The molecule has 1 N–H and O–H groups in total. The third kappa shape index (κ3) is 4.53. The Hall–Kier alpha value is -1.60. The second-order valence-corrected chi connectivity index (χ2v) is 5.97. The average Bonchev–Trinajstić information content (AvgIpc) is 2.37. The van der Waals surface area contributed by atoms with Gasteiger partial charge in [0.15, 0.2) is 0 Å². The minimum Gasteiger partial charge on any atom is -0.312 e. The van der Waals surface area contributed by atoms with E-state index in [0.29, 0.717) is 0 Å². The monoisotopic (exact) mass is 253 g/mol. The molecule has 0 aliphatic heterocycles.